The normalized spacial score (nSPS) is 11.0. The maximum Gasteiger partial charge on any atom is 0.417 e. The number of nitrogens with zero attached hydrogens (tertiary/aromatic N) is 2. The third-order valence-electron chi connectivity index (χ3n) is 3.54. The lowest BCUT2D eigenvalue weighted by atomic mass is 10.0. The van der Waals surface area contributed by atoms with Gasteiger partial charge in [0, 0.05) is 11.3 Å². The molecule has 0 atom stereocenters. The number of pyridine rings is 1. The van der Waals surface area contributed by atoms with Gasteiger partial charge in [-0.25, -0.2) is 4.98 Å². The number of hydrogen-bond donors (Lipinski definition) is 1. The van der Waals surface area contributed by atoms with E-state index in [9.17, 15) is 18.4 Å². The van der Waals surface area contributed by atoms with Gasteiger partial charge in [0.25, 0.3) is 0 Å². The summed E-state index contributed by atoms with van der Waals surface area (Å²) in [6.45, 7) is 0. The second-order valence-corrected chi connectivity index (χ2v) is 5.25. The lowest BCUT2D eigenvalue weighted by Gasteiger charge is -2.15. The van der Waals surface area contributed by atoms with Crippen molar-refractivity contribution in [2.24, 2.45) is 0 Å². The van der Waals surface area contributed by atoms with E-state index < -0.39 is 17.3 Å². The van der Waals surface area contributed by atoms with Gasteiger partial charge in [0.05, 0.1) is 11.3 Å². The molecule has 0 saturated carbocycles. The minimum Gasteiger partial charge on any atom is -0.339 e. The first-order chi connectivity index (χ1) is 12.0. The zero-order valence-corrected chi connectivity index (χ0v) is 12.9. The van der Waals surface area contributed by atoms with Gasteiger partial charge >= 0.3 is 6.18 Å². The minimum absolute atomic E-state index is 0.123. The molecular weight excluding hydrogens is 327 g/mol. The molecule has 3 nitrogen and oxygen atoms in total. The number of halogens is 3. The Morgan fingerprint density at radius 1 is 0.920 bits per heavy atom. The van der Waals surface area contributed by atoms with Crippen LogP contribution in [0.5, 0.6) is 0 Å². The molecule has 1 aromatic heterocycles. The average molecular weight is 339 g/mol. The largest absolute Gasteiger partial charge is 0.417 e. The third kappa shape index (κ3) is 3.61. The lowest BCUT2D eigenvalue weighted by Crippen LogP contribution is -2.11. The molecule has 3 rings (SSSR count). The van der Waals surface area contributed by atoms with E-state index in [1.54, 1.807) is 66.7 Å². The summed E-state index contributed by atoms with van der Waals surface area (Å²) in [5, 5.41) is 12.1. The van der Waals surface area contributed by atoms with Crippen LogP contribution < -0.4 is 5.32 Å². The Labute approximate surface area is 142 Å². The summed E-state index contributed by atoms with van der Waals surface area (Å²) in [5.41, 5.74) is -0.317. The molecule has 25 heavy (non-hydrogen) atoms. The molecule has 1 N–H and O–H groups in total. The highest BCUT2D eigenvalue weighted by atomic mass is 19.4. The van der Waals surface area contributed by atoms with Crippen molar-refractivity contribution >= 4 is 11.5 Å². The average Bonchev–Trinajstić information content (AvgIpc) is 2.62. The number of aromatic nitrogens is 1. The molecule has 0 aliphatic heterocycles. The van der Waals surface area contributed by atoms with E-state index in [-0.39, 0.29) is 11.5 Å². The van der Waals surface area contributed by atoms with Crippen molar-refractivity contribution in [1.82, 2.24) is 4.98 Å². The SMILES string of the molecule is N#Cc1c(C(F)(F)F)cc(-c2ccccc2)nc1Nc1ccccc1. The molecule has 0 bridgehead atoms. The molecule has 0 saturated heterocycles. The Morgan fingerprint density at radius 3 is 2.08 bits per heavy atom. The predicted octanol–water partition coefficient (Wildman–Crippen LogP) is 5.38. The topological polar surface area (TPSA) is 48.7 Å². The Kier molecular flexibility index (Phi) is 4.40. The van der Waals surface area contributed by atoms with Crippen LogP contribution in [-0.2, 0) is 6.18 Å². The number of hydrogen-bond acceptors (Lipinski definition) is 3. The van der Waals surface area contributed by atoms with E-state index in [0.29, 0.717) is 11.3 Å². The number of nitrogens with one attached hydrogen (secondary N) is 1. The fourth-order valence-electron chi connectivity index (χ4n) is 2.39. The standard InChI is InChI=1S/C19H12F3N3/c20-19(21,22)16-11-17(13-7-3-1-4-8-13)25-18(15(16)12-23)24-14-9-5-2-6-10-14/h1-11H,(H,24,25). The molecule has 124 valence electrons. The Bertz CT molecular complexity index is 914. The first-order valence-corrected chi connectivity index (χ1v) is 7.39. The van der Waals surface area contributed by atoms with Crippen LogP contribution in [0.2, 0.25) is 0 Å². The van der Waals surface area contributed by atoms with Crippen molar-refractivity contribution in [3.8, 4) is 17.3 Å². The van der Waals surface area contributed by atoms with Gasteiger partial charge < -0.3 is 5.32 Å². The summed E-state index contributed by atoms with van der Waals surface area (Å²) in [6.07, 6.45) is -4.66. The maximum atomic E-state index is 13.4. The van der Waals surface area contributed by atoms with Gasteiger partial charge in [-0.1, -0.05) is 48.5 Å². The quantitative estimate of drug-likeness (QED) is 0.697. The molecule has 0 spiro atoms. The highest BCUT2D eigenvalue weighted by Crippen LogP contribution is 2.37. The van der Waals surface area contributed by atoms with Crippen LogP contribution in [0, 0.1) is 11.3 Å². The Balaban J connectivity index is 2.20. The highest BCUT2D eigenvalue weighted by Gasteiger charge is 2.36. The summed E-state index contributed by atoms with van der Waals surface area (Å²) in [5.74, 6) is -0.123. The molecule has 1 heterocycles. The molecule has 0 unspecified atom stereocenters. The van der Waals surface area contributed by atoms with Crippen LogP contribution in [0.15, 0.2) is 66.7 Å². The van der Waals surface area contributed by atoms with Crippen LogP contribution in [0.1, 0.15) is 11.1 Å². The van der Waals surface area contributed by atoms with Crippen molar-refractivity contribution in [2.45, 2.75) is 6.18 Å². The molecule has 6 heteroatoms. The Morgan fingerprint density at radius 2 is 1.52 bits per heavy atom. The maximum absolute atomic E-state index is 13.4. The molecule has 0 fully saturated rings. The fourth-order valence-corrected chi connectivity index (χ4v) is 2.39. The van der Waals surface area contributed by atoms with Crippen LogP contribution >= 0.6 is 0 Å². The second-order valence-electron chi connectivity index (χ2n) is 5.25. The van der Waals surface area contributed by atoms with Crippen LogP contribution in [0.3, 0.4) is 0 Å². The summed E-state index contributed by atoms with van der Waals surface area (Å²) in [4.78, 5) is 4.25. The molecular formula is C19H12F3N3. The van der Waals surface area contributed by atoms with Crippen LogP contribution in [-0.4, -0.2) is 4.98 Å². The van der Waals surface area contributed by atoms with E-state index in [1.165, 1.54) is 0 Å². The minimum atomic E-state index is -4.66. The van der Waals surface area contributed by atoms with Crippen molar-refractivity contribution < 1.29 is 13.2 Å². The van der Waals surface area contributed by atoms with Gasteiger partial charge in [-0.2, -0.15) is 18.4 Å². The predicted molar refractivity (Wildman–Crippen MR) is 89.1 cm³/mol. The van der Waals surface area contributed by atoms with Crippen LogP contribution in [0.25, 0.3) is 11.3 Å². The fraction of sp³-hybridized carbons (Fsp3) is 0.0526. The van der Waals surface area contributed by atoms with E-state index in [4.69, 9.17) is 0 Å². The van der Waals surface area contributed by atoms with Crippen molar-refractivity contribution in [3.63, 3.8) is 0 Å². The third-order valence-corrected chi connectivity index (χ3v) is 3.54. The second kappa shape index (κ2) is 6.65. The van der Waals surface area contributed by atoms with E-state index >= 15 is 0 Å². The molecule has 0 amide bonds. The number of alkyl halides is 3. The highest BCUT2D eigenvalue weighted by molar-refractivity contribution is 5.71. The van der Waals surface area contributed by atoms with Gasteiger partial charge in [-0.3, -0.25) is 0 Å². The first-order valence-electron chi connectivity index (χ1n) is 7.39. The lowest BCUT2D eigenvalue weighted by molar-refractivity contribution is -0.137. The monoisotopic (exact) mass is 339 g/mol. The summed E-state index contributed by atoms with van der Waals surface area (Å²) in [7, 11) is 0. The number of nitriles is 1. The van der Waals surface area contributed by atoms with Crippen molar-refractivity contribution in [2.75, 3.05) is 5.32 Å². The number of para-hydroxylation sites is 1. The smallest absolute Gasteiger partial charge is 0.339 e. The number of rotatable bonds is 3. The van der Waals surface area contributed by atoms with Crippen LogP contribution in [0.4, 0.5) is 24.7 Å². The number of benzene rings is 2. The van der Waals surface area contributed by atoms with Gasteiger partial charge in [-0.05, 0) is 18.2 Å². The summed E-state index contributed by atoms with van der Waals surface area (Å²) in [6, 6.07) is 19.7. The molecule has 3 aromatic rings. The van der Waals surface area contributed by atoms with E-state index in [1.807, 2.05) is 0 Å². The first kappa shape index (κ1) is 16.5. The van der Waals surface area contributed by atoms with Crippen molar-refractivity contribution in [3.05, 3.63) is 77.9 Å². The van der Waals surface area contributed by atoms with Gasteiger partial charge in [-0.15, -0.1) is 0 Å². The number of anilines is 2. The van der Waals surface area contributed by atoms with Crippen molar-refractivity contribution in [1.29, 1.82) is 5.26 Å². The molecule has 0 radical (unpaired) electrons. The van der Waals surface area contributed by atoms with Gasteiger partial charge in [0.15, 0.2) is 0 Å². The van der Waals surface area contributed by atoms with E-state index in [0.717, 1.165) is 6.07 Å². The zero-order chi connectivity index (χ0) is 17.9. The molecule has 0 aliphatic rings. The summed E-state index contributed by atoms with van der Waals surface area (Å²) < 4.78 is 40.3. The summed E-state index contributed by atoms with van der Waals surface area (Å²) >= 11 is 0. The van der Waals surface area contributed by atoms with Gasteiger partial charge in [0.2, 0.25) is 0 Å². The zero-order valence-electron chi connectivity index (χ0n) is 12.9. The van der Waals surface area contributed by atoms with E-state index in [2.05, 4.69) is 10.3 Å². The molecule has 2 aromatic carbocycles. The van der Waals surface area contributed by atoms with Gasteiger partial charge in [0.1, 0.15) is 17.5 Å². The molecule has 0 aliphatic carbocycles. The Hall–Kier alpha value is -3.33.